The molecule has 3 aromatic rings. The van der Waals surface area contributed by atoms with Gasteiger partial charge < -0.3 is 5.11 Å². The van der Waals surface area contributed by atoms with Gasteiger partial charge in [-0.05, 0) is 24.3 Å². The van der Waals surface area contributed by atoms with Gasteiger partial charge in [0.05, 0.1) is 11.3 Å². The molecule has 0 saturated carbocycles. The van der Waals surface area contributed by atoms with Gasteiger partial charge >= 0.3 is 5.97 Å². The van der Waals surface area contributed by atoms with Gasteiger partial charge in [0.15, 0.2) is 0 Å². The summed E-state index contributed by atoms with van der Waals surface area (Å²) in [6.45, 7) is 0. The fourth-order valence-electron chi connectivity index (χ4n) is 1.97. The molecule has 0 bridgehead atoms. The van der Waals surface area contributed by atoms with E-state index < -0.39 is 5.97 Å². The Morgan fingerprint density at radius 3 is 2.62 bits per heavy atom. The van der Waals surface area contributed by atoms with Crippen molar-refractivity contribution in [3.8, 4) is 21.8 Å². The second-order valence-electron chi connectivity index (χ2n) is 4.43. The van der Waals surface area contributed by atoms with Gasteiger partial charge in [-0.2, -0.15) is 0 Å². The highest BCUT2D eigenvalue weighted by Gasteiger charge is 2.09. The van der Waals surface area contributed by atoms with Gasteiger partial charge in [0.2, 0.25) is 0 Å². The maximum absolute atomic E-state index is 13.2. The van der Waals surface area contributed by atoms with Crippen LogP contribution in [0.25, 0.3) is 21.8 Å². The van der Waals surface area contributed by atoms with Crippen molar-refractivity contribution in [2.24, 2.45) is 0 Å². The first-order chi connectivity index (χ1) is 10.1. The number of aromatic nitrogens is 1. The van der Waals surface area contributed by atoms with E-state index in [0.717, 1.165) is 5.56 Å². The van der Waals surface area contributed by atoms with E-state index >= 15 is 0 Å². The van der Waals surface area contributed by atoms with Crippen molar-refractivity contribution in [3.05, 3.63) is 65.3 Å². The number of rotatable bonds is 3. The second kappa shape index (κ2) is 5.46. The third-order valence-corrected chi connectivity index (χ3v) is 3.87. The van der Waals surface area contributed by atoms with Crippen LogP contribution in [0.4, 0.5) is 4.39 Å². The number of nitrogens with zero attached hydrogens (tertiary/aromatic N) is 1. The molecule has 1 N–H and O–H groups in total. The van der Waals surface area contributed by atoms with Crippen LogP contribution in [-0.4, -0.2) is 16.1 Å². The standard InChI is InChI=1S/C16H10FNO2S/c17-13-6-2-4-11(8-13)15-18-14(9-21-15)10-3-1-5-12(7-10)16(19)20/h1-9H,(H,19,20). The Balaban J connectivity index is 1.98. The van der Waals surface area contributed by atoms with E-state index in [0.29, 0.717) is 16.3 Å². The maximum Gasteiger partial charge on any atom is 0.335 e. The summed E-state index contributed by atoms with van der Waals surface area (Å²) < 4.78 is 13.2. The van der Waals surface area contributed by atoms with Gasteiger partial charge in [0.1, 0.15) is 10.8 Å². The molecule has 0 atom stereocenters. The second-order valence-corrected chi connectivity index (χ2v) is 5.29. The molecule has 3 nitrogen and oxygen atoms in total. The summed E-state index contributed by atoms with van der Waals surface area (Å²) in [5.41, 5.74) is 2.34. The molecule has 21 heavy (non-hydrogen) atoms. The number of benzene rings is 2. The molecule has 0 spiro atoms. The minimum Gasteiger partial charge on any atom is -0.478 e. The third-order valence-electron chi connectivity index (χ3n) is 2.98. The fraction of sp³-hybridized carbons (Fsp3) is 0. The van der Waals surface area contributed by atoms with Gasteiger partial charge in [-0.25, -0.2) is 14.2 Å². The van der Waals surface area contributed by atoms with Crippen LogP contribution in [-0.2, 0) is 0 Å². The summed E-state index contributed by atoms with van der Waals surface area (Å²) in [6, 6.07) is 12.8. The average Bonchev–Trinajstić information content (AvgIpc) is 2.97. The predicted octanol–water partition coefficient (Wildman–Crippen LogP) is 4.31. The van der Waals surface area contributed by atoms with Gasteiger partial charge in [-0.15, -0.1) is 11.3 Å². The molecular weight excluding hydrogens is 289 g/mol. The lowest BCUT2D eigenvalue weighted by Gasteiger charge is -1.99. The molecule has 5 heteroatoms. The number of thiazole rings is 1. The van der Waals surface area contributed by atoms with E-state index in [2.05, 4.69) is 4.98 Å². The molecule has 0 aliphatic rings. The molecule has 0 unspecified atom stereocenters. The van der Waals surface area contributed by atoms with Crippen LogP contribution in [0.1, 0.15) is 10.4 Å². The van der Waals surface area contributed by atoms with Crippen LogP contribution in [0.3, 0.4) is 0 Å². The first kappa shape index (κ1) is 13.5. The number of carboxylic acid groups (broad SMARTS) is 1. The molecule has 0 aliphatic heterocycles. The topological polar surface area (TPSA) is 50.2 Å². The molecule has 0 radical (unpaired) electrons. The number of carbonyl (C=O) groups is 1. The molecule has 0 fully saturated rings. The molecule has 3 rings (SSSR count). The molecule has 0 aliphatic carbocycles. The van der Waals surface area contributed by atoms with Crippen LogP contribution >= 0.6 is 11.3 Å². The monoisotopic (exact) mass is 299 g/mol. The van der Waals surface area contributed by atoms with E-state index in [-0.39, 0.29) is 11.4 Å². The predicted molar refractivity (Wildman–Crippen MR) is 79.9 cm³/mol. The zero-order valence-corrected chi connectivity index (χ0v) is 11.6. The third kappa shape index (κ3) is 2.83. The van der Waals surface area contributed by atoms with Crippen molar-refractivity contribution in [3.63, 3.8) is 0 Å². The smallest absolute Gasteiger partial charge is 0.335 e. The molecule has 1 heterocycles. The fourth-order valence-corrected chi connectivity index (χ4v) is 2.80. The summed E-state index contributed by atoms with van der Waals surface area (Å²) >= 11 is 1.40. The number of hydrogen-bond donors (Lipinski definition) is 1. The largest absolute Gasteiger partial charge is 0.478 e. The molecule has 0 saturated heterocycles. The number of hydrogen-bond acceptors (Lipinski definition) is 3. The molecule has 104 valence electrons. The molecular formula is C16H10FNO2S. The summed E-state index contributed by atoms with van der Waals surface area (Å²) in [5.74, 6) is -1.28. The lowest BCUT2D eigenvalue weighted by Crippen LogP contribution is -1.95. The van der Waals surface area contributed by atoms with Gasteiger partial charge in [0.25, 0.3) is 0 Å². The Labute approximate surface area is 124 Å². The van der Waals surface area contributed by atoms with Crippen molar-refractivity contribution < 1.29 is 14.3 Å². The lowest BCUT2D eigenvalue weighted by atomic mass is 10.1. The highest BCUT2D eigenvalue weighted by atomic mass is 32.1. The number of aromatic carboxylic acids is 1. The summed E-state index contributed by atoms with van der Waals surface area (Å²) in [6.07, 6.45) is 0. The van der Waals surface area contributed by atoms with Crippen LogP contribution in [0, 0.1) is 5.82 Å². The van der Waals surface area contributed by atoms with E-state index in [4.69, 9.17) is 5.11 Å². The lowest BCUT2D eigenvalue weighted by molar-refractivity contribution is 0.0697. The Morgan fingerprint density at radius 1 is 1.10 bits per heavy atom. The Morgan fingerprint density at radius 2 is 1.86 bits per heavy atom. The van der Waals surface area contributed by atoms with Gasteiger partial charge in [-0.3, -0.25) is 0 Å². The van der Waals surface area contributed by atoms with Crippen LogP contribution < -0.4 is 0 Å². The van der Waals surface area contributed by atoms with Crippen LogP contribution in [0.15, 0.2) is 53.9 Å². The van der Waals surface area contributed by atoms with Crippen molar-refractivity contribution in [1.29, 1.82) is 0 Å². The van der Waals surface area contributed by atoms with Crippen molar-refractivity contribution in [2.75, 3.05) is 0 Å². The number of carboxylic acids is 1. The number of halogens is 1. The summed E-state index contributed by atoms with van der Waals surface area (Å²) in [4.78, 5) is 15.4. The van der Waals surface area contributed by atoms with Crippen molar-refractivity contribution in [1.82, 2.24) is 4.98 Å². The normalized spacial score (nSPS) is 10.5. The van der Waals surface area contributed by atoms with Gasteiger partial charge in [-0.1, -0.05) is 24.3 Å². The Hall–Kier alpha value is -2.53. The van der Waals surface area contributed by atoms with Crippen molar-refractivity contribution in [2.45, 2.75) is 0 Å². The maximum atomic E-state index is 13.2. The first-order valence-electron chi connectivity index (χ1n) is 6.19. The van der Waals surface area contributed by atoms with Crippen LogP contribution in [0.5, 0.6) is 0 Å². The molecule has 0 amide bonds. The van der Waals surface area contributed by atoms with Gasteiger partial charge in [0, 0.05) is 16.5 Å². The Kier molecular flexibility index (Phi) is 3.50. The summed E-state index contributed by atoms with van der Waals surface area (Å²) in [5, 5.41) is 11.5. The van der Waals surface area contributed by atoms with E-state index in [1.54, 1.807) is 30.3 Å². The average molecular weight is 299 g/mol. The van der Waals surface area contributed by atoms with E-state index in [1.807, 2.05) is 5.38 Å². The Bertz CT molecular complexity index is 813. The highest BCUT2D eigenvalue weighted by molar-refractivity contribution is 7.13. The quantitative estimate of drug-likeness (QED) is 0.783. The minimum atomic E-state index is -0.975. The SMILES string of the molecule is O=C(O)c1cccc(-c2csc(-c3cccc(F)c3)n2)c1. The summed E-state index contributed by atoms with van der Waals surface area (Å²) in [7, 11) is 0. The minimum absolute atomic E-state index is 0.216. The highest BCUT2D eigenvalue weighted by Crippen LogP contribution is 2.29. The van der Waals surface area contributed by atoms with Crippen LogP contribution in [0.2, 0.25) is 0 Å². The van der Waals surface area contributed by atoms with E-state index in [9.17, 15) is 9.18 Å². The first-order valence-corrected chi connectivity index (χ1v) is 7.06. The van der Waals surface area contributed by atoms with E-state index in [1.165, 1.54) is 29.5 Å². The zero-order valence-electron chi connectivity index (χ0n) is 10.8. The molecule has 2 aromatic carbocycles. The zero-order chi connectivity index (χ0) is 14.8. The molecule has 1 aromatic heterocycles. The van der Waals surface area contributed by atoms with Crippen molar-refractivity contribution >= 4 is 17.3 Å².